The number of aliphatic hydroxyl groups is 1. The lowest BCUT2D eigenvalue weighted by Crippen LogP contribution is -2.39. The van der Waals surface area contributed by atoms with Gasteiger partial charge in [0.15, 0.2) is 0 Å². The predicted octanol–water partition coefficient (Wildman–Crippen LogP) is 0.161. The first-order valence-corrected chi connectivity index (χ1v) is 5.84. The molecule has 0 saturated carbocycles. The minimum absolute atomic E-state index is 0.0128. The van der Waals surface area contributed by atoms with Crippen LogP contribution in [-0.2, 0) is 4.79 Å². The Morgan fingerprint density at radius 1 is 1.22 bits per heavy atom. The highest BCUT2D eigenvalue weighted by Crippen LogP contribution is 1.97. The van der Waals surface area contributed by atoms with Crippen LogP contribution >= 0.6 is 0 Å². The number of carbonyl (C=O) groups excluding carboxylic acids is 2. The molecule has 18 heavy (non-hydrogen) atoms. The summed E-state index contributed by atoms with van der Waals surface area (Å²) in [7, 11) is 0. The molecule has 1 aromatic carbocycles. The van der Waals surface area contributed by atoms with Gasteiger partial charge in [-0.25, -0.2) is 0 Å². The summed E-state index contributed by atoms with van der Waals surface area (Å²) in [6.07, 6.45) is 0. The first-order valence-electron chi connectivity index (χ1n) is 5.84. The van der Waals surface area contributed by atoms with Crippen LogP contribution in [0.3, 0.4) is 0 Å². The second-order valence-electron chi connectivity index (χ2n) is 4.14. The number of hydrogen-bond donors (Lipinski definition) is 3. The molecule has 1 atom stereocenters. The third-order valence-corrected chi connectivity index (χ3v) is 2.40. The first kappa shape index (κ1) is 14.2. The van der Waals surface area contributed by atoms with Gasteiger partial charge in [-0.3, -0.25) is 9.59 Å². The van der Waals surface area contributed by atoms with E-state index in [-0.39, 0.29) is 30.9 Å². The van der Waals surface area contributed by atoms with E-state index in [4.69, 9.17) is 5.11 Å². The zero-order valence-corrected chi connectivity index (χ0v) is 10.3. The lowest BCUT2D eigenvalue weighted by atomic mass is 10.2. The Hall–Kier alpha value is -1.88. The van der Waals surface area contributed by atoms with Crippen molar-refractivity contribution in [3.8, 4) is 0 Å². The summed E-state index contributed by atoms with van der Waals surface area (Å²) in [4.78, 5) is 23.0. The zero-order chi connectivity index (χ0) is 13.4. The second kappa shape index (κ2) is 7.45. The molecule has 0 heterocycles. The van der Waals surface area contributed by atoms with Gasteiger partial charge >= 0.3 is 0 Å². The lowest BCUT2D eigenvalue weighted by molar-refractivity contribution is -0.120. The molecule has 3 N–H and O–H groups in total. The van der Waals surface area contributed by atoms with Gasteiger partial charge in [0.05, 0.1) is 6.54 Å². The van der Waals surface area contributed by atoms with Crippen molar-refractivity contribution < 1.29 is 14.7 Å². The van der Waals surface area contributed by atoms with Crippen molar-refractivity contribution >= 4 is 11.8 Å². The first-order chi connectivity index (χ1) is 8.63. The number of benzene rings is 1. The smallest absolute Gasteiger partial charge is 0.251 e. The van der Waals surface area contributed by atoms with E-state index < -0.39 is 0 Å². The summed E-state index contributed by atoms with van der Waals surface area (Å²) in [5, 5.41) is 13.9. The Morgan fingerprint density at radius 3 is 2.50 bits per heavy atom. The maximum atomic E-state index is 11.6. The molecule has 1 aromatic rings. The van der Waals surface area contributed by atoms with Gasteiger partial charge in [-0.1, -0.05) is 25.1 Å². The fourth-order valence-corrected chi connectivity index (χ4v) is 1.27. The molecule has 5 heteroatoms. The van der Waals surface area contributed by atoms with Crippen LogP contribution in [0.2, 0.25) is 0 Å². The highest BCUT2D eigenvalue weighted by atomic mass is 16.3. The maximum Gasteiger partial charge on any atom is 0.251 e. The van der Waals surface area contributed by atoms with Gasteiger partial charge in [0.25, 0.3) is 5.91 Å². The van der Waals surface area contributed by atoms with Gasteiger partial charge in [-0.2, -0.15) is 0 Å². The van der Waals surface area contributed by atoms with Crippen molar-refractivity contribution in [1.29, 1.82) is 0 Å². The molecule has 1 unspecified atom stereocenters. The molecule has 0 fully saturated rings. The van der Waals surface area contributed by atoms with Crippen LogP contribution in [0.5, 0.6) is 0 Å². The third kappa shape index (κ3) is 4.97. The van der Waals surface area contributed by atoms with E-state index in [0.29, 0.717) is 12.1 Å². The Morgan fingerprint density at radius 2 is 1.89 bits per heavy atom. The Balaban J connectivity index is 2.28. The van der Waals surface area contributed by atoms with Crippen molar-refractivity contribution in [2.24, 2.45) is 5.92 Å². The average Bonchev–Trinajstić information content (AvgIpc) is 2.42. The van der Waals surface area contributed by atoms with Gasteiger partial charge in [-0.15, -0.1) is 0 Å². The minimum Gasteiger partial charge on any atom is -0.396 e. The molecule has 0 spiro atoms. The predicted molar refractivity (Wildman–Crippen MR) is 68.0 cm³/mol. The number of carbonyl (C=O) groups is 2. The molecule has 5 nitrogen and oxygen atoms in total. The molecule has 0 aliphatic rings. The fraction of sp³-hybridized carbons (Fsp3) is 0.385. The van der Waals surface area contributed by atoms with E-state index >= 15 is 0 Å². The van der Waals surface area contributed by atoms with Crippen LogP contribution in [0.15, 0.2) is 30.3 Å². The number of aliphatic hydroxyl groups excluding tert-OH is 1. The Kier molecular flexibility index (Phi) is 5.87. The van der Waals surface area contributed by atoms with Gasteiger partial charge in [-0.05, 0) is 18.1 Å². The van der Waals surface area contributed by atoms with E-state index in [1.54, 1.807) is 24.3 Å². The zero-order valence-electron chi connectivity index (χ0n) is 10.3. The summed E-state index contributed by atoms with van der Waals surface area (Å²) >= 11 is 0. The topological polar surface area (TPSA) is 78.4 Å². The maximum absolute atomic E-state index is 11.6. The summed E-state index contributed by atoms with van der Waals surface area (Å²) in [5.41, 5.74) is 0.522. The van der Waals surface area contributed by atoms with Crippen LogP contribution in [0.1, 0.15) is 17.3 Å². The fourth-order valence-electron chi connectivity index (χ4n) is 1.27. The lowest BCUT2D eigenvalue weighted by Gasteiger charge is -2.10. The molecule has 98 valence electrons. The van der Waals surface area contributed by atoms with Gasteiger partial charge in [0.2, 0.25) is 5.91 Å². The SMILES string of the molecule is CC(CO)CNC(=O)CNC(=O)c1ccccc1. The van der Waals surface area contributed by atoms with Gasteiger partial charge < -0.3 is 15.7 Å². The van der Waals surface area contributed by atoms with Crippen LogP contribution in [0.25, 0.3) is 0 Å². The molecule has 0 aliphatic carbocycles. The summed E-state index contributed by atoms with van der Waals surface area (Å²) < 4.78 is 0. The standard InChI is InChI=1S/C13H18N2O3/c1-10(9-16)7-14-12(17)8-15-13(18)11-5-3-2-4-6-11/h2-6,10,16H,7-9H2,1H3,(H,14,17)(H,15,18). The molecule has 0 bridgehead atoms. The molecule has 1 rings (SSSR count). The second-order valence-corrected chi connectivity index (χ2v) is 4.14. The summed E-state index contributed by atoms with van der Waals surface area (Å²) in [6, 6.07) is 8.71. The van der Waals surface area contributed by atoms with Crippen molar-refractivity contribution in [1.82, 2.24) is 10.6 Å². The van der Waals surface area contributed by atoms with Crippen molar-refractivity contribution in [3.05, 3.63) is 35.9 Å². The molecular formula is C13H18N2O3. The van der Waals surface area contributed by atoms with Crippen molar-refractivity contribution in [2.45, 2.75) is 6.92 Å². The van der Waals surface area contributed by atoms with Crippen LogP contribution < -0.4 is 10.6 Å². The number of nitrogens with one attached hydrogen (secondary N) is 2. The minimum atomic E-state index is -0.277. The summed E-state index contributed by atoms with van der Waals surface area (Å²) in [5.74, 6) is -0.528. The van der Waals surface area contributed by atoms with Crippen molar-refractivity contribution in [2.75, 3.05) is 19.7 Å². The van der Waals surface area contributed by atoms with E-state index in [1.807, 2.05) is 13.0 Å². The molecular weight excluding hydrogens is 232 g/mol. The molecule has 0 aromatic heterocycles. The van der Waals surface area contributed by atoms with E-state index in [2.05, 4.69) is 10.6 Å². The van der Waals surface area contributed by atoms with Crippen molar-refractivity contribution in [3.63, 3.8) is 0 Å². The quantitative estimate of drug-likeness (QED) is 0.673. The van der Waals surface area contributed by atoms with E-state index in [0.717, 1.165) is 0 Å². The highest BCUT2D eigenvalue weighted by molar-refractivity contribution is 5.96. The van der Waals surface area contributed by atoms with E-state index in [9.17, 15) is 9.59 Å². The average molecular weight is 250 g/mol. The van der Waals surface area contributed by atoms with Gasteiger partial charge in [0.1, 0.15) is 0 Å². The Labute approximate surface area is 106 Å². The molecule has 2 amide bonds. The number of rotatable bonds is 6. The molecule has 0 aliphatic heterocycles. The highest BCUT2D eigenvalue weighted by Gasteiger charge is 2.08. The van der Waals surface area contributed by atoms with E-state index in [1.165, 1.54) is 0 Å². The number of amides is 2. The number of hydrogen-bond acceptors (Lipinski definition) is 3. The van der Waals surface area contributed by atoms with Crippen LogP contribution in [0.4, 0.5) is 0 Å². The molecule has 0 radical (unpaired) electrons. The third-order valence-electron chi connectivity index (χ3n) is 2.40. The van der Waals surface area contributed by atoms with Crippen LogP contribution in [0, 0.1) is 5.92 Å². The monoisotopic (exact) mass is 250 g/mol. The normalized spacial score (nSPS) is 11.7. The summed E-state index contributed by atoms with van der Waals surface area (Å²) in [6.45, 7) is 2.18. The Bertz CT molecular complexity index is 392. The van der Waals surface area contributed by atoms with Gasteiger partial charge in [0, 0.05) is 18.7 Å². The van der Waals surface area contributed by atoms with Crippen LogP contribution in [-0.4, -0.2) is 36.6 Å². The largest absolute Gasteiger partial charge is 0.396 e. The molecule has 0 saturated heterocycles.